The maximum absolute atomic E-state index is 13.6. The van der Waals surface area contributed by atoms with Crippen LogP contribution in [0.2, 0.25) is 0 Å². The molecule has 0 saturated carbocycles. The van der Waals surface area contributed by atoms with Crippen LogP contribution in [-0.2, 0) is 0 Å². The average Bonchev–Trinajstić information content (AvgIpc) is 3.35. The van der Waals surface area contributed by atoms with Crippen LogP contribution in [-0.4, -0.2) is 47.1 Å². The van der Waals surface area contributed by atoms with Crippen molar-refractivity contribution in [3.8, 4) is 45.6 Å². The van der Waals surface area contributed by atoms with Gasteiger partial charge in [0, 0.05) is 34.0 Å². The molecule has 0 fully saturated rings. The van der Waals surface area contributed by atoms with Gasteiger partial charge in [-0.05, 0) is 47.3 Å². The topological polar surface area (TPSA) is 90.0 Å². The minimum absolute atomic E-state index is 0.372. The fourth-order valence-corrected chi connectivity index (χ4v) is 5.42. The van der Waals surface area contributed by atoms with E-state index in [1.807, 2.05) is 53.1 Å². The predicted octanol–water partition coefficient (Wildman–Crippen LogP) is 6.07. The number of methoxy groups -OCH3 is 6. The van der Waals surface area contributed by atoms with Crippen molar-refractivity contribution < 1.29 is 32.8 Å². The molecule has 3 aromatic heterocycles. The zero-order chi connectivity index (χ0) is 28.1. The molecule has 0 N–H and O–H groups in total. The van der Waals surface area contributed by atoms with Crippen LogP contribution in [0.3, 0.4) is 0 Å². The van der Waals surface area contributed by atoms with Crippen molar-refractivity contribution in [3.63, 3.8) is 0 Å². The van der Waals surface area contributed by atoms with Gasteiger partial charge in [-0.15, -0.1) is 0 Å². The van der Waals surface area contributed by atoms with Gasteiger partial charge < -0.3 is 37.2 Å². The van der Waals surface area contributed by atoms with Crippen LogP contribution in [0.5, 0.6) is 34.5 Å². The summed E-state index contributed by atoms with van der Waals surface area (Å²) in [6, 6.07) is 14.9. The molecule has 6 rings (SSSR count). The lowest BCUT2D eigenvalue weighted by Crippen LogP contribution is -2.03. The third-order valence-corrected chi connectivity index (χ3v) is 7.24. The minimum atomic E-state index is -0.490. The highest BCUT2D eigenvalue weighted by Crippen LogP contribution is 2.46. The summed E-state index contributed by atoms with van der Waals surface area (Å²) in [5.41, 5.74) is 2.67. The summed E-state index contributed by atoms with van der Waals surface area (Å²) >= 11 is 0. The molecule has 0 atom stereocenters. The van der Waals surface area contributed by atoms with Gasteiger partial charge in [-0.2, -0.15) is 0 Å². The van der Waals surface area contributed by atoms with E-state index in [0.717, 1.165) is 27.4 Å². The summed E-state index contributed by atoms with van der Waals surface area (Å²) in [4.78, 5) is 13.6. The molecule has 6 aromatic rings. The van der Waals surface area contributed by atoms with Crippen LogP contribution in [0, 0.1) is 0 Å². The Kier molecular flexibility index (Phi) is 6.06. The Morgan fingerprint density at radius 2 is 1.18 bits per heavy atom. The Balaban J connectivity index is 1.90. The van der Waals surface area contributed by atoms with Gasteiger partial charge in [-0.25, -0.2) is 4.79 Å². The average molecular weight is 542 g/mol. The standard InChI is InChI=1S/C31H27NO8/c1-34-20-8-7-17(12-22(20)35-2)27-28-19-14-25(38-5)26(39-6)15-21(19)40-31(33)30(28)32-10-9-16-11-23(36-3)24(37-4)13-18(16)29(27)32/h7-15H,1-6H3. The van der Waals surface area contributed by atoms with Gasteiger partial charge in [-0.1, -0.05) is 6.07 Å². The molecule has 0 aliphatic heterocycles. The molecule has 9 nitrogen and oxygen atoms in total. The monoisotopic (exact) mass is 541 g/mol. The Hall–Kier alpha value is -5.05. The maximum Gasteiger partial charge on any atom is 0.361 e. The van der Waals surface area contributed by atoms with Crippen molar-refractivity contribution in [2.75, 3.05) is 42.7 Å². The highest BCUT2D eigenvalue weighted by Gasteiger charge is 2.25. The van der Waals surface area contributed by atoms with E-state index in [9.17, 15) is 4.79 Å². The molecule has 204 valence electrons. The molecule has 0 amide bonds. The first-order valence-electron chi connectivity index (χ1n) is 12.4. The third-order valence-electron chi connectivity index (χ3n) is 7.24. The van der Waals surface area contributed by atoms with Crippen LogP contribution in [0.4, 0.5) is 0 Å². The van der Waals surface area contributed by atoms with Crippen LogP contribution in [0.25, 0.3) is 49.3 Å². The van der Waals surface area contributed by atoms with E-state index in [0.29, 0.717) is 56.4 Å². The summed E-state index contributed by atoms with van der Waals surface area (Å²) in [5.74, 6) is 3.27. The van der Waals surface area contributed by atoms with Crippen LogP contribution in [0.1, 0.15) is 0 Å². The SMILES string of the molecule is COc1ccc(-c2c3c4cc(OC)c(OC)cc4oc(=O)c3n3ccc4cc(OC)c(OC)cc4c23)cc1OC. The summed E-state index contributed by atoms with van der Waals surface area (Å²) < 4.78 is 41.2. The first kappa shape index (κ1) is 25.2. The molecule has 3 heterocycles. The highest BCUT2D eigenvalue weighted by atomic mass is 16.5. The van der Waals surface area contributed by atoms with Crippen molar-refractivity contribution in [2.24, 2.45) is 0 Å². The van der Waals surface area contributed by atoms with Gasteiger partial charge in [0.05, 0.1) is 48.2 Å². The Morgan fingerprint density at radius 3 is 1.82 bits per heavy atom. The van der Waals surface area contributed by atoms with Crippen molar-refractivity contribution in [1.82, 2.24) is 4.40 Å². The first-order chi connectivity index (χ1) is 19.5. The molecule has 0 saturated heterocycles. The van der Waals surface area contributed by atoms with Crippen LogP contribution in [0.15, 0.2) is 63.9 Å². The molecular weight excluding hydrogens is 514 g/mol. The van der Waals surface area contributed by atoms with E-state index in [4.69, 9.17) is 32.8 Å². The lowest BCUT2D eigenvalue weighted by molar-refractivity contribution is 0.355. The predicted molar refractivity (Wildman–Crippen MR) is 153 cm³/mol. The largest absolute Gasteiger partial charge is 0.493 e. The molecule has 0 radical (unpaired) electrons. The van der Waals surface area contributed by atoms with Crippen molar-refractivity contribution in [2.45, 2.75) is 0 Å². The molecule has 0 aliphatic rings. The minimum Gasteiger partial charge on any atom is -0.493 e. The number of rotatable bonds is 7. The van der Waals surface area contributed by atoms with Crippen LogP contribution < -0.4 is 34.0 Å². The maximum atomic E-state index is 13.6. The van der Waals surface area contributed by atoms with E-state index >= 15 is 0 Å². The van der Waals surface area contributed by atoms with Crippen molar-refractivity contribution in [3.05, 3.63) is 65.1 Å². The normalized spacial score (nSPS) is 11.3. The van der Waals surface area contributed by atoms with E-state index in [1.165, 1.54) is 7.11 Å². The first-order valence-corrected chi connectivity index (χ1v) is 12.4. The summed E-state index contributed by atoms with van der Waals surface area (Å²) in [5, 5.41) is 3.15. The second-order valence-electron chi connectivity index (χ2n) is 9.09. The molecule has 0 aliphatic carbocycles. The van der Waals surface area contributed by atoms with Crippen LogP contribution >= 0.6 is 0 Å². The van der Waals surface area contributed by atoms with Gasteiger partial charge in [-0.3, -0.25) is 0 Å². The Labute approximate surface area is 228 Å². The van der Waals surface area contributed by atoms with Gasteiger partial charge in [0.1, 0.15) is 11.1 Å². The Morgan fingerprint density at radius 1 is 0.600 bits per heavy atom. The number of ether oxygens (including phenoxy) is 6. The number of pyridine rings is 1. The molecule has 9 heteroatoms. The molecule has 0 bridgehead atoms. The fourth-order valence-electron chi connectivity index (χ4n) is 5.42. The number of hydrogen-bond acceptors (Lipinski definition) is 8. The van der Waals surface area contributed by atoms with Gasteiger partial charge in [0.25, 0.3) is 0 Å². The van der Waals surface area contributed by atoms with E-state index in [-0.39, 0.29) is 0 Å². The zero-order valence-corrected chi connectivity index (χ0v) is 22.9. The lowest BCUT2D eigenvalue weighted by atomic mass is 9.98. The second-order valence-corrected chi connectivity index (χ2v) is 9.09. The fraction of sp³-hybridized carbons (Fsp3) is 0.194. The molecular formula is C31H27NO8. The molecule has 40 heavy (non-hydrogen) atoms. The van der Waals surface area contributed by atoms with E-state index in [1.54, 1.807) is 41.6 Å². The second kappa shape index (κ2) is 9.60. The highest BCUT2D eigenvalue weighted by molar-refractivity contribution is 6.22. The summed E-state index contributed by atoms with van der Waals surface area (Å²) in [6.07, 6.45) is 1.86. The molecule has 0 spiro atoms. The smallest absolute Gasteiger partial charge is 0.361 e. The zero-order valence-electron chi connectivity index (χ0n) is 22.9. The quantitative estimate of drug-likeness (QED) is 0.225. The molecule has 0 unspecified atom stereocenters. The Bertz CT molecular complexity index is 2000. The number of nitrogens with zero attached hydrogens (tertiary/aromatic N) is 1. The number of aromatic nitrogens is 1. The molecule has 3 aromatic carbocycles. The van der Waals surface area contributed by atoms with E-state index < -0.39 is 5.63 Å². The van der Waals surface area contributed by atoms with Gasteiger partial charge in [0.15, 0.2) is 34.5 Å². The van der Waals surface area contributed by atoms with Crippen molar-refractivity contribution in [1.29, 1.82) is 0 Å². The summed E-state index contributed by atoms with van der Waals surface area (Å²) in [7, 11) is 9.48. The van der Waals surface area contributed by atoms with Gasteiger partial charge in [0.2, 0.25) is 0 Å². The number of hydrogen-bond donors (Lipinski definition) is 0. The number of benzene rings is 3. The van der Waals surface area contributed by atoms with Crippen molar-refractivity contribution >= 4 is 38.2 Å². The number of fused-ring (bicyclic) bond motifs is 7. The lowest BCUT2D eigenvalue weighted by Gasteiger charge is -2.13. The van der Waals surface area contributed by atoms with E-state index in [2.05, 4.69) is 0 Å². The third kappa shape index (κ3) is 3.58. The van der Waals surface area contributed by atoms with Gasteiger partial charge >= 0.3 is 5.63 Å². The summed E-state index contributed by atoms with van der Waals surface area (Å²) in [6.45, 7) is 0.